The lowest BCUT2D eigenvalue weighted by Crippen LogP contribution is -2.12. The van der Waals surface area contributed by atoms with Crippen molar-refractivity contribution in [3.63, 3.8) is 0 Å². The van der Waals surface area contributed by atoms with E-state index in [0.717, 1.165) is 33.3 Å². The predicted molar refractivity (Wildman–Crippen MR) is 120 cm³/mol. The number of amides is 1. The molecule has 6 nitrogen and oxygen atoms in total. The SMILES string of the molecule is CCOc1cccc(NC(=O)c2ccc(C)c(-c3ccc4nc(N)ncc4c3)c2)c1. The Hall–Kier alpha value is -3.93. The molecule has 4 rings (SSSR count). The maximum atomic E-state index is 12.8. The van der Waals surface area contributed by atoms with Crippen molar-refractivity contribution in [1.82, 2.24) is 9.97 Å². The molecule has 3 N–H and O–H groups in total. The van der Waals surface area contributed by atoms with E-state index in [1.807, 2.05) is 74.5 Å². The molecule has 0 atom stereocenters. The first kappa shape index (κ1) is 19.4. The van der Waals surface area contributed by atoms with Crippen LogP contribution in [0.5, 0.6) is 5.75 Å². The van der Waals surface area contributed by atoms with Gasteiger partial charge in [-0.05, 0) is 66.9 Å². The van der Waals surface area contributed by atoms with Crippen LogP contribution in [-0.2, 0) is 0 Å². The molecule has 1 heterocycles. The van der Waals surface area contributed by atoms with E-state index in [4.69, 9.17) is 10.5 Å². The van der Waals surface area contributed by atoms with E-state index in [2.05, 4.69) is 15.3 Å². The van der Waals surface area contributed by atoms with Gasteiger partial charge >= 0.3 is 0 Å². The van der Waals surface area contributed by atoms with Gasteiger partial charge in [-0.15, -0.1) is 0 Å². The quantitative estimate of drug-likeness (QED) is 0.502. The van der Waals surface area contributed by atoms with Crippen molar-refractivity contribution in [3.05, 3.63) is 78.0 Å². The molecule has 0 saturated carbocycles. The molecule has 4 aromatic rings. The number of fused-ring (bicyclic) bond motifs is 1. The Balaban J connectivity index is 1.64. The van der Waals surface area contributed by atoms with Gasteiger partial charge < -0.3 is 15.8 Å². The number of rotatable bonds is 5. The van der Waals surface area contributed by atoms with Crippen molar-refractivity contribution in [2.75, 3.05) is 17.7 Å². The van der Waals surface area contributed by atoms with Crippen molar-refractivity contribution in [2.45, 2.75) is 13.8 Å². The molecule has 0 saturated heterocycles. The van der Waals surface area contributed by atoms with Crippen molar-refractivity contribution >= 4 is 28.4 Å². The van der Waals surface area contributed by atoms with E-state index >= 15 is 0 Å². The molecule has 0 aliphatic carbocycles. The zero-order chi connectivity index (χ0) is 21.1. The molecule has 0 aliphatic heterocycles. The molecule has 150 valence electrons. The highest BCUT2D eigenvalue weighted by Gasteiger charge is 2.11. The number of nitrogens with one attached hydrogen (secondary N) is 1. The minimum atomic E-state index is -0.179. The van der Waals surface area contributed by atoms with E-state index in [1.54, 1.807) is 6.20 Å². The van der Waals surface area contributed by atoms with Crippen molar-refractivity contribution in [2.24, 2.45) is 0 Å². The fourth-order valence-electron chi connectivity index (χ4n) is 3.32. The molecule has 0 unspecified atom stereocenters. The number of aromatic nitrogens is 2. The Kier molecular flexibility index (Phi) is 5.30. The summed E-state index contributed by atoms with van der Waals surface area (Å²) >= 11 is 0. The van der Waals surface area contributed by atoms with Gasteiger partial charge in [0, 0.05) is 28.9 Å². The average Bonchev–Trinajstić information content (AvgIpc) is 2.74. The summed E-state index contributed by atoms with van der Waals surface area (Å²) in [5, 5.41) is 3.83. The minimum absolute atomic E-state index is 0.179. The fraction of sp³-hybridized carbons (Fsp3) is 0.125. The third-order valence-electron chi connectivity index (χ3n) is 4.81. The number of benzene rings is 3. The van der Waals surface area contributed by atoms with Gasteiger partial charge in [0.05, 0.1) is 12.1 Å². The summed E-state index contributed by atoms with van der Waals surface area (Å²) in [6.07, 6.45) is 1.71. The first-order chi connectivity index (χ1) is 14.5. The number of carbonyl (C=O) groups excluding carboxylic acids is 1. The van der Waals surface area contributed by atoms with Crippen LogP contribution in [0.2, 0.25) is 0 Å². The molecular formula is C24H22N4O2. The topological polar surface area (TPSA) is 90.1 Å². The predicted octanol–water partition coefficient (Wildman–Crippen LogP) is 4.84. The Labute approximate surface area is 174 Å². The Bertz CT molecular complexity index is 1240. The van der Waals surface area contributed by atoms with Crippen LogP contribution in [0.3, 0.4) is 0 Å². The second kappa shape index (κ2) is 8.21. The van der Waals surface area contributed by atoms with E-state index < -0.39 is 0 Å². The van der Waals surface area contributed by atoms with Gasteiger partial charge in [0.1, 0.15) is 5.75 Å². The molecule has 30 heavy (non-hydrogen) atoms. The van der Waals surface area contributed by atoms with Crippen LogP contribution in [0.15, 0.2) is 66.9 Å². The van der Waals surface area contributed by atoms with Crippen molar-refractivity contribution in [1.29, 1.82) is 0 Å². The summed E-state index contributed by atoms with van der Waals surface area (Å²) < 4.78 is 5.50. The van der Waals surface area contributed by atoms with E-state index in [9.17, 15) is 4.79 Å². The number of nitrogens with two attached hydrogens (primary N) is 1. The fourth-order valence-corrected chi connectivity index (χ4v) is 3.32. The molecule has 6 heteroatoms. The standard InChI is InChI=1S/C24H22N4O2/c1-3-30-20-6-4-5-19(13-20)27-23(29)17-8-7-15(2)21(12-17)16-9-10-22-18(11-16)14-26-24(25)28-22/h4-14H,3H2,1-2H3,(H,27,29)(H2,25,26,28). The number of nitrogens with zero attached hydrogens (tertiary/aromatic N) is 2. The summed E-state index contributed by atoms with van der Waals surface area (Å²) in [6.45, 7) is 4.52. The van der Waals surface area contributed by atoms with E-state index in [0.29, 0.717) is 17.9 Å². The maximum absolute atomic E-state index is 12.8. The zero-order valence-corrected chi connectivity index (χ0v) is 16.8. The zero-order valence-electron chi connectivity index (χ0n) is 16.8. The van der Waals surface area contributed by atoms with Gasteiger partial charge in [0.15, 0.2) is 0 Å². The normalized spacial score (nSPS) is 10.7. The van der Waals surface area contributed by atoms with Crippen molar-refractivity contribution in [3.8, 4) is 16.9 Å². The molecule has 0 fully saturated rings. The van der Waals surface area contributed by atoms with Gasteiger partial charge in [-0.2, -0.15) is 0 Å². The lowest BCUT2D eigenvalue weighted by atomic mass is 9.97. The number of anilines is 2. The molecule has 0 spiro atoms. The maximum Gasteiger partial charge on any atom is 0.255 e. The Morgan fingerprint density at radius 1 is 1.10 bits per heavy atom. The molecule has 1 aromatic heterocycles. The molecule has 3 aromatic carbocycles. The summed E-state index contributed by atoms with van der Waals surface area (Å²) in [5.74, 6) is 0.791. The first-order valence-corrected chi connectivity index (χ1v) is 9.71. The van der Waals surface area contributed by atoms with Crippen LogP contribution < -0.4 is 15.8 Å². The molecule has 1 amide bonds. The smallest absolute Gasteiger partial charge is 0.255 e. The van der Waals surface area contributed by atoms with Crippen LogP contribution in [0.4, 0.5) is 11.6 Å². The lowest BCUT2D eigenvalue weighted by Gasteiger charge is -2.11. The van der Waals surface area contributed by atoms with Crippen LogP contribution in [0.1, 0.15) is 22.8 Å². The Morgan fingerprint density at radius 2 is 1.97 bits per heavy atom. The summed E-state index contributed by atoms with van der Waals surface area (Å²) in [7, 11) is 0. The average molecular weight is 398 g/mol. The van der Waals surface area contributed by atoms with Gasteiger partial charge in [-0.3, -0.25) is 4.79 Å². The monoisotopic (exact) mass is 398 g/mol. The summed E-state index contributed by atoms with van der Waals surface area (Å²) in [6, 6.07) is 18.9. The molecule has 0 bridgehead atoms. The highest BCUT2D eigenvalue weighted by Crippen LogP contribution is 2.28. The number of hydrogen-bond acceptors (Lipinski definition) is 5. The van der Waals surface area contributed by atoms with Crippen LogP contribution in [0.25, 0.3) is 22.0 Å². The second-order valence-electron chi connectivity index (χ2n) is 6.95. The third kappa shape index (κ3) is 4.07. The van der Waals surface area contributed by atoms with Gasteiger partial charge in [-0.25, -0.2) is 9.97 Å². The highest BCUT2D eigenvalue weighted by molar-refractivity contribution is 6.05. The molecule has 0 radical (unpaired) electrons. The third-order valence-corrected chi connectivity index (χ3v) is 4.81. The van der Waals surface area contributed by atoms with Gasteiger partial charge in [-0.1, -0.05) is 18.2 Å². The van der Waals surface area contributed by atoms with E-state index in [1.165, 1.54) is 0 Å². The largest absolute Gasteiger partial charge is 0.494 e. The van der Waals surface area contributed by atoms with Crippen LogP contribution in [0, 0.1) is 6.92 Å². The van der Waals surface area contributed by atoms with Crippen molar-refractivity contribution < 1.29 is 9.53 Å². The lowest BCUT2D eigenvalue weighted by molar-refractivity contribution is 0.102. The number of hydrogen-bond donors (Lipinski definition) is 2. The summed E-state index contributed by atoms with van der Waals surface area (Å²) in [4.78, 5) is 21.1. The number of aryl methyl sites for hydroxylation is 1. The number of nitrogen functional groups attached to an aromatic ring is 1. The molecular weight excluding hydrogens is 376 g/mol. The van der Waals surface area contributed by atoms with E-state index in [-0.39, 0.29) is 11.9 Å². The summed E-state index contributed by atoms with van der Waals surface area (Å²) in [5.41, 5.74) is 10.7. The highest BCUT2D eigenvalue weighted by atomic mass is 16.5. The number of carbonyl (C=O) groups is 1. The van der Waals surface area contributed by atoms with Crippen LogP contribution >= 0.6 is 0 Å². The Morgan fingerprint density at radius 3 is 2.80 bits per heavy atom. The number of ether oxygens (including phenoxy) is 1. The first-order valence-electron chi connectivity index (χ1n) is 9.71. The van der Waals surface area contributed by atoms with Gasteiger partial charge in [0.25, 0.3) is 5.91 Å². The second-order valence-corrected chi connectivity index (χ2v) is 6.95. The molecule has 0 aliphatic rings. The van der Waals surface area contributed by atoms with Gasteiger partial charge in [0.2, 0.25) is 5.95 Å². The minimum Gasteiger partial charge on any atom is -0.494 e. The van der Waals surface area contributed by atoms with Crippen LogP contribution in [-0.4, -0.2) is 22.5 Å².